The first-order valence-corrected chi connectivity index (χ1v) is 7.53. The van der Waals surface area contributed by atoms with E-state index in [1.807, 2.05) is 6.07 Å². The van der Waals surface area contributed by atoms with Crippen molar-refractivity contribution in [1.82, 2.24) is 19.5 Å². The Morgan fingerprint density at radius 3 is 2.50 bits per heavy atom. The summed E-state index contributed by atoms with van der Waals surface area (Å²) in [5.41, 5.74) is 7.94. The van der Waals surface area contributed by atoms with Crippen LogP contribution in [0.25, 0.3) is 28.2 Å². The number of nitrogen functional groups attached to an aromatic ring is 1. The Kier molecular flexibility index (Phi) is 3.55. The van der Waals surface area contributed by atoms with Crippen molar-refractivity contribution in [2.75, 3.05) is 5.73 Å². The van der Waals surface area contributed by atoms with Gasteiger partial charge in [0, 0.05) is 11.8 Å². The average molecular weight is 348 g/mol. The van der Waals surface area contributed by atoms with Gasteiger partial charge in [-0.1, -0.05) is 0 Å². The third kappa shape index (κ3) is 2.52. The quantitative estimate of drug-likeness (QED) is 0.600. The number of fused-ring (bicyclic) bond motifs is 1. The van der Waals surface area contributed by atoms with Gasteiger partial charge < -0.3 is 5.73 Å². The van der Waals surface area contributed by atoms with E-state index < -0.39 is 11.6 Å². The molecule has 0 aliphatic heterocycles. The summed E-state index contributed by atoms with van der Waals surface area (Å²) >= 11 is 0. The van der Waals surface area contributed by atoms with Gasteiger partial charge in [0.05, 0.1) is 17.2 Å². The Morgan fingerprint density at radius 2 is 1.81 bits per heavy atom. The lowest BCUT2D eigenvalue weighted by atomic mass is 10.2. The van der Waals surface area contributed by atoms with Crippen LogP contribution in [0.5, 0.6) is 0 Å². The van der Waals surface area contributed by atoms with Crippen LogP contribution in [0.15, 0.2) is 48.8 Å². The van der Waals surface area contributed by atoms with E-state index in [1.54, 1.807) is 28.8 Å². The van der Waals surface area contributed by atoms with E-state index >= 15 is 0 Å². The van der Waals surface area contributed by atoms with Gasteiger partial charge in [0.15, 0.2) is 22.8 Å². The Balaban J connectivity index is 1.91. The minimum absolute atomic E-state index is 0.0305. The molecule has 2 aromatic carbocycles. The molecule has 0 aliphatic rings. The van der Waals surface area contributed by atoms with Crippen molar-refractivity contribution in [1.29, 1.82) is 5.26 Å². The second-order valence-electron chi connectivity index (χ2n) is 5.50. The summed E-state index contributed by atoms with van der Waals surface area (Å²) in [5, 5.41) is 8.91. The van der Waals surface area contributed by atoms with E-state index in [9.17, 15) is 8.78 Å². The number of halogens is 2. The van der Waals surface area contributed by atoms with E-state index in [0.717, 1.165) is 12.1 Å². The fourth-order valence-electron chi connectivity index (χ4n) is 2.60. The molecule has 2 heterocycles. The van der Waals surface area contributed by atoms with Gasteiger partial charge in [0.25, 0.3) is 0 Å². The summed E-state index contributed by atoms with van der Waals surface area (Å²) in [6.45, 7) is 0. The zero-order valence-electron chi connectivity index (χ0n) is 13.2. The Labute approximate surface area is 146 Å². The number of benzene rings is 2. The third-order valence-electron chi connectivity index (χ3n) is 3.87. The van der Waals surface area contributed by atoms with Crippen LogP contribution in [0.1, 0.15) is 5.56 Å². The molecule has 0 atom stereocenters. The van der Waals surface area contributed by atoms with Crippen molar-refractivity contribution < 1.29 is 8.78 Å². The molecule has 2 aromatic heterocycles. The summed E-state index contributed by atoms with van der Waals surface area (Å²) in [7, 11) is 0. The van der Waals surface area contributed by atoms with Crippen molar-refractivity contribution in [3.63, 3.8) is 0 Å². The maximum absolute atomic E-state index is 14.1. The molecule has 0 spiro atoms. The molecule has 4 rings (SSSR count). The van der Waals surface area contributed by atoms with E-state index in [0.29, 0.717) is 22.4 Å². The predicted molar refractivity (Wildman–Crippen MR) is 91.1 cm³/mol. The molecular formula is C18H10F2N6. The monoisotopic (exact) mass is 348 g/mol. The van der Waals surface area contributed by atoms with Crippen LogP contribution in [-0.4, -0.2) is 19.5 Å². The first kappa shape index (κ1) is 15.7. The Hall–Kier alpha value is -3.86. The molecule has 0 bridgehead atoms. The number of hydrogen-bond donors (Lipinski definition) is 1. The molecule has 4 aromatic rings. The number of rotatable bonds is 2. The van der Waals surface area contributed by atoms with Crippen LogP contribution < -0.4 is 5.73 Å². The number of aromatic nitrogens is 4. The van der Waals surface area contributed by atoms with E-state index in [-0.39, 0.29) is 17.2 Å². The standard InChI is InChI=1S/C18H10F2N6/c19-11-3-6-13(14(20)7-11)17-24-16(22)15-18(25-17)26(9-23-15)12-4-1-10(8-21)2-5-12/h1-7,9H,(H2,22,24,25). The molecule has 126 valence electrons. The number of anilines is 1. The zero-order chi connectivity index (χ0) is 18.3. The van der Waals surface area contributed by atoms with Gasteiger partial charge in [0.2, 0.25) is 0 Å². The summed E-state index contributed by atoms with van der Waals surface area (Å²) in [6, 6.07) is 12.0. The van der Waals surface area contributed by atoms with Gasteiger partial charge >= 0.3 is 0 Å². The van der Waals surface area contributed by atoms with Crippen molar-refractivity contribution in [2.45, 2.75) is 0 Å². The van der Waals surface area contributed by atoms with Crippen molar-refractivity contribution in [3.8, 4) is 23.1 Å². The molecule has 0 unspecified atom stereocenters. The third-order valence-corrected chi connectivity index (χ3v) is 3.87. The highest BCUT2D eigenvalue weighted by Crippen LogP contribution is 2.26. The van der Waals surface area contributed by atoms with Gasteiger partial charge in [-0.3, -0.25) is 4.57 Å². The molecule has 2 N–H and O–H groups in total. The molecule has 0 saturated carbocycles. The molecular weight excluding hydrogens is 338 g/mol. The summed E-state index contributed by atoms with van der Waals surface area (Å²) in [6.07, 6.45) is 1.52. The second kappa shape index (κ2) is 5.89. The van der Waals surface area contributed by atoms with Crippen LogP contribution >= 0.6 is 0 Å². The fourth-order valence-corrected chi connectivity index (χ4v) is 2.60. The zero-order valence-corrected chi connectivity index (χ0v) is 13.2. The molecule has 0 radical (unpaired) electrons. The summed E-state index contributed by atoms with van der Waals surface area (Å²) in [5.74, 6) is -1.36. The van der Waals surface area contributed by atoms with Crippen molar-refractivity contribution in [3.05, 3.63) is 66.0 Å². The van der Waals surface area contributed by atoms with E-state index in [4.69, 9.17) is 11.0 Å². The first-order valence-electron chi connectivity index (χ1n) is 7.53. The normalized spacial score (nSPS) is 10.8. The highest BCUT2D eigenvalue weighted by molar-refractivity contribution is 5.85. The lowest BCUT2D eigenvalue weighted by Gasteiger charge is -2.07. The van der Waals surface area contributed by atoms with Gasteiger partial charge in [-0.2, -0.15) is 5.26 Å². The summed E-state index contributed by atoms with van der Waals surface area (Å²) < 4.78 is 28.9. The van der Waals surface area contributed by atoms with Crippen molar-refractivity contribution in [2.24, 2.45) is 0 Å². The van der Waals surface area contributed by atoms with Gasteiger partial charge in [-0.15, -0.1) is 0 Å². The number of hydrogen-bond acceptors (Lipinski definition) is 5. The van der Waals surface area contributed by atoms with Gasteiger partial charge in [-0.25, -0.2) is 23.7 Å². The van der Waals surface area contributed by atoms with Crippen LogP contribution in [0.4, 0.5) is 14.6 Å². The molecule has 26 heavy (non-hydrogen) atoms. The smallest absolute Gasteiger partial charge is 0.170 e. The van der Waals surface area contributed by atoms with Crippen LogP contribution in [0, 0.1) is 23.0 Å². The molecule has 0 amide bonds. The Morgan fingerprint density at radius 1 is 1.04 bits per heavy atom. The minimum Gasteiger partial charge on any atom is -0.382 e. The number of imidazole rings is 1. The second-order valence-corrected chi connectivity index (χ2v) is 5.50. The maximum atomic E-state index is 14.1. The summed E-state index contributed by atoms with van der Waals surface area (Å²) in [4.78, 5) is 12.6. The van der Waals surface area contributed by atoms with Crippen LogP contribution in [-0.2, 0) is 0 Å². The van der Waals surface area contributed by atoms with Crippen molar-refractivity contribution >= 4 is 17.0 Å². The number of nitriles is 1. The molecule has 0 fully saturated rings. The largest absolute Gasteiger partial charge is 0.382 e. The van der Waals surface area contributed by atoms with Gasteiger partial charge in [-0.05, 0) is 36.4 Å². The minimum atomic E-state index is -0.784. The molecule has 0 saturated heterocycles. The fraction of sp³-hybridized carbons (Fsp3) is 0. The maximum Gasteiger partial charge on any atom is 0.170 e. The lowest BCUT2D eigenvalue weighted by molar-refractivity contribution is 0.585. The molecule has 8 heteroatoms. The lowest BCUT2D eigenvalue weighted by Crippen LogP contribution is -2.01. The SMILES string of the molecule is N#Cc1ccc(-n2cnc3c(N)nc(-c4ccc(F)cc4F)nc32)cc1. The van der Waals surface area contributed by atoms with Gasteiger partial charge in [0.1, 0.15) is 18.0 Å². The predicted octanol–water partition coefficient (Wildman–Crippen LogP) is 3.21. The molecule has 6 nitrogen and oxygen atoms in total. The van der Waals surface area contributed by atoms with Crippen LogP contribution in [0.3, 0.4) is 0 Å². The number of nitrogens with zero attached hydrogens (tertiary/aromatic N) is 5. The van der Waals surface area contributed by atoms with E-state index in [1.165, 1.54) is 12.4 Å². The Bertz CT molecular complexity index is 1170. The molecule has 0 aliphatic carbocycles. The van der Waals surface area contributed by atoms with Crippen LogP contribution in [0.2, 0.25) is 0 Å². The highest BCUT2D eigenvalue weighted by atomic mass is 19.1. The highest BCUT2D eigenvalue weighted by Gasteiger charge is 2.16. The average Bonchev–Trinajstić information content (AvgIpc) is 3.06. The van der Waals surface area contributed by atoms with E-state index in [2.05, 4.69) is 15.0 Å². The topological polar surface area (TPSA) is 93.4 Å². The first-order chi connectivity index (χ1) is 12.6. The number of nitrogens with two attached hydrogens (primary N) is 1.